The van der Waals surface area contributed by atoms with Crippen molar-refractivity contribution in [3.63, 3.8) is 0 Å². The van der Waals surface area contributed by atoms with E-state index in [0.29, 0.717) is 19.3 Å². The summed E-state index contributed by atoms with van der Waals surface area (Å²) in [6.07, 6.45) is 48.8. The lowest BCUT2D eigenvalue weighted by Gasteiger charge is -2.18. The Hall–Kier alpha value is -3.15. The maximum Gasteiger partial charge on any atom is 0.322 e. The highest BCUT2D eigenvalue weighted by molar-refractivity contribution is 5.80. The summed E-state index contributed by atoms with van der Waals surface area (Å²) in [7, 11) is 0. The summed E-state index contributed by atoms with van der Waals surface area (Å²) in [5, 5.41) is 11.0. The van der Waals surface area contributed by atoms with Crippen molar-refractivity contribution in [3.8, 4) is 0 Å². The highest BCUT2D eigenvalue weighted by Gasteiger charge is 2.14. The molecule has 0 aliphatic carbocycles. The zero-order valence-electron chi connectivity index (χ0n) is 30.6. The number of carbonyl (C=O) groups excluding carboxylic acids is 2. The second kappa shape index (κ2) is 36.7. The molecular weight excluding hydrogens is 598 g/mol. The van der Waals surface area contributed by atoms with Crippen LogP contribution in [0.2, 0.25) is 0 Å². The average Bonchev–Trinajstić information content (AvgIpc) is 3.07. The van der Waals surface area contributed by atoms with Crippen LogP contribution in [0.4, 0.5) is 0 Å². The monoisotopic (exact) mass is 668 g/mol. The van der Waals surface area contributed by atoms with E-state index in [-0.39, 0.29) is 24.5 Å². The fourth-order valence-corrected chi connectivity index (χ4v) is 5.13. The molecule has 1 atom stereocenters. The van der Waals surface area contributed by atoms with Gasteiger partial charge in [-0.15, -0.1) is 0 Å². The van der Waals surface area contributed by atoms with E-state index in [9.17, 15) is 14.4 Å². The van der Waals surface area contributed by atoms with Crippen LogP contribution in [0, 0.1) is 0 Å². The van der Waals surface area contributed by atoms with Crippen molar-refractivity contribution in [3.05, 3.63) is 72.9 Å². The van der Waals surface area contributed by atoms with Crippen molar-refractivity contribution < 1.29 is 24.2 Å². The Morgan fingerprint density at radius 3 is 1.48 bits per heavy atom. The van der Waals surface area contributed by atoms with Crippen molar-refractivity contribution in [2.24, 2.45) is 0 Å². The van der Waals surface area contributed by atoms with Crippen molar-refractivity contribution in [2.45, 2.75) is 168 Å². The number of aliphatic carboxylic acids is 1. The van der Waals surface area contributed by atoms with Gasteiger partial charge in [0.1, 0.15) is 12.6 Å². The number of carboxylic acid groups (broad SMARTS) is 1. The Bertz CT molecular complexity index is 959. The smallest absolute Gasteiger partial charge is 0.322 e. The Labute approximate surface area is 294 Å². The molecule has 0 aromatic carbocycles. The summed E-state index contributed by atoms with van der Waals surface area (Å²) < 4.78 is 5.93. The minimum atomic E-state index is -1.02. The molecule has 0 radical (unpaired) electrons. The molecule has 2 N–H and O–H groups in total. The predicted octanol–water partition coefficient (Wildman–Crippen LogP) is 11.4. The number of esters is 1. The van der Waals surface area contributed by atoms with E-state index in [1.54, 1.807) is 0 Å². The number of rotatable bonds is 33. The van der Waals surface area contributed by atoms with Gasteiger partial charge in [-0.2, -0.15) is 0 Å². The van der Waals surface area contributed by atoms with Gasteiger partial charge in [-0.1, -0.05) is 145 Å². The largest absolute Gasteiger partial charge is 0.480 e. The molecule has 0 bridgehead atoms. The van der Waals surface area contributed by atoms with Crippen molar-refractivity contribution in [2.75, 3.05) is 6.54 Å². The molecule has 0 spiro atoms. The van der Waals surface area contributed by atoms with Gasteiger partial charge in [0, 0.05) is 12.8 Å². The first-order valence-corrected chi connectivity index (χ1v) is 19.1. The first-order valence-electron chi connectivity index (χ1n) is 19.1. The number of hydrogen-bond donors (Lipinski definition) is 2. The summed E-state index contributed by atoms with van der Waals surface area (Å²) in [5.41, 5.74) is 0. The number of carbonyl (C=O) groups is 3. The van der Waals surface area contributed by atoms with Crippen LogP contribution in [0.5, 0.6) is 0 Å². The number of ether oxygens (including phenoxy) is 1. The van der Waals surface area contributed by atoms with Gasteiger partial charge >= 0.3 is 11.9 Å². The summed E-state index contributed by atoms with van der Waals surface area (Å²) in [6, 6.07) is 0. The van der Waals surface area contributed by atoms with Crippen molar-refractivity contribution in [1.29, 1.82) is 0 Å². The molecule has 0 aliphatic rings. The molecule has 1 amide bonds. The van der Waals surface area contributed by atoms with Crippen LogP contribution in [-0.2, 0) is 19.1 Å². The molecule has 1 unspecified atom stereocenters. The number of amides is 1. The summed E-state index contributed by atoms with van der Waals surface area (Å²) >= 11 is 0. The highest BCUT2D eigenvalue weighted by atomic mass is 16.5. The maximum atomic E-state index is 12.6. The molecular formula is C42H69NO5. The molecule has 0 saturated carbocycles. The van der Waals surface area contributed by atoms with E-state index < -0.39 is 5.97 Å². The molecule has 0 saturated heterocycles. The van der Waals surface area contributed by atoms with Crippen molar-refractivity contribution in [1.82, 2.24) is 5.32 Å². The second-order valence-electron chi connectivity index (χ2n) is 12.5. The van der Waals surface area contributed by atoms with Gasteiger partial charge in [0.25, 0.3) is 0 Å². The average molecular weight is 668 g/mol. The molecule has 0 heterocycles. The molecule has 0 aliphatic heterocycles. The Kier molecular flexibility index (Phi) is 34.3. The lowest BCUT2D eigenvalue weighted by atomic mass is 10.0. The van der Waals surface area contributed by atoms with Crippen LogP contribution >= 0.6 is 0 Å². The predicted molar refractivity (Wildman–Crippen MR) is 203 cm³/mol. The number of allylic oxidation sites excluding steroid dienone is 12. The SMILES string of the molecule is CC/C=C\C/C=C\C/C=C\C/C=C\C/C=C\C/C=C\CCC(=O)OC(CCCCCCCCC)CCCCCCCC(=O)NCC(=O)O. The molecule has 48 heavy (non-hydrogen) atoms. The van der Waals surface area contributed by atoms with Gasteiger partial charge in [0.2, 0.25) is 5.91 Å². The fraction of sp³-hybridized carbons (Fsp3) is 0.643. The van der Waals surface area contributed by atoms with E-state index in [1.807, 2.05) is 0 Å². The third-order valence-electron chi connectivity index (χ3n) is 7.91. The Balaban J connectivity index is 4.21. The molecule has 0 fully saturated rings. The number of nitrogens with one attached hydrogen (secondary N) is 1. The van der Waals surface area contributed by atoms with E-state index in [1.165, 1.54) is 38.5 Å². The van der Waals surface area contributed by atoms with Gasteiger partial charge in [0.05, 0.1) is 0 Å². The lowest BCUT2D eigenvalue weighted by molar-refractivity contribution is -0.149. The van der Waals surface area contributed by atoms with Gasteiger partial charge in [0.15, 0.2) is 0 Å². The van der Waals surface area contributed by atoms with E-state index in [0.717, 1.165) is 89.9 Å². The van der Waals surface area contributed by atoms with Crippen LogP contribution in [0.25, 0.3) is 0 Å². The lowest BCUT2D eigenvalue weighted by Crippen LogP contribution is -2.28. The maximum absolute atomic E-state index is 12.6. The number of hydrogen-bond acceptors (Lipinski definition) is 4. The first kappa shape index (κ1) is 44.9. The summed E-state index contributed by atoms with van der Waals surface area (Å²) in [6.45, 7) is 4.07. The molecule has 6 nitrogen and oxygen atoms in total. The van der Waals surface area contributed by atoms with Crippen LogP contribution in [0.1, 0.15) is 162 Å². The van der Waals surface area contributed by atoms with Gasteiger partial charge in [-0.05, 0) is 77.0 Å². The summed E-state index contributed by atoms with van der Waals surface area (Å²) in [5.74, 6) is -1.33. The third-order valence-corrected chi connectivity index (χ3v) is 7.91. The minimum Gasteiger partial charge on any atom is -0.480 e. The standard InChI is InChI=1S/C42H69NO5/c1-3-5-7-9-11-12-13-14-15-16-17-18-19-20-21-22-24-29-33-37-42(47)48-39(34-30-26-23-10-8-6-4-2)35-31-27-25-28-32-36-40(44)43-38-41(45)46/h5,7,11-12,14-15,17-18,20-21,24,29,39H,3-4,6,8-10,13,16,19,22-23,25-28,30-38H2,1-2H3,(H,43,44)(H,45,46)/b7-5-,12-11-,15-14-,18-17-,21-20-,29-24-. The van der Waals surface area contributed by atoms with Gasteiger partial charge in [-0.3, -0.25) is 14.4 Å². The van der Waals surface area contributed by atoms with Crippen molar-refractivity contribution >= 4 is 17.8 Å². The molecule has 0 aromatic rings. The molecule has 6 heteroatoms. The molecule has 0 rings (SSSR count). The van der Waals surface area contributed by atoms with E-state index in [4.69, 9.17) is 9.84 Å². The summed E-state index contributed by atoms with van der Waals surface area (Å²) in [4.78, 5) is 34.8. The van der Waals surface area contributed by atoms with Crippen LogP contribution in [0.15, 0.2) is 72.9 Å². The second-order valence-corrected chi connectivity index (χ2v) is 12.5. The molecule has 272 valence electrons. The Morgan fingerprint density at radius 2 is 1.00 bits per heavy atom. The quantitative estimate of drug-likeness (QED) is 0.0413. The number of unbranched alkanes of at least 4 members (excludes halogenated alkanes) is 10. The fourth-order valence-electron chi connectivity index (χ4n) is 5.13. The molecule has 0 aromatic heterocycles. The highest BCUT2D eigenvalue weighted by Crippen LogP contribution is 2.18. The number of carboxylic acids is 1. The van der Waals surface area contributed by atoms with Crippen LogP contribution < -0.4 is 5.32 Å². The van der Waals surface area contributed by atoms with Gasteiger partial charge in [-0.25, -0.2) is 0 Å². The topological polar surface area (TPSA) is 92.7 Å². The van der Waals surface area contributed by atoms with Crippen LogP contribution in [-0.4, -0.2) is 35.6 Å². The third kappa shape index (κ3) is 35.7. The van der Waals surface area contributed by atoms with Crippen LogP contribution in [0.3, 0.4) is 0 Å². The van der Waals surface area contributed by atoms with E-state index >= 15 is 0 Å². The Morgan fingerprint density at radius 1 is 0.562 bits per heavy atom. The normalized spacial score (nSPS) is 12.9. The van der Waals surface area contributed by atoms with Gasteiger partial charge < -0.3 is 15.2 Å². The minimum absolute atomic E-state index is 0.0137. The first-order chi connectivity index (χ1) is 23.5. The zero-order chi connectivity index (χ0) is 35.2. The van der Waals surface area contributed by atoms with E-state index in [2.05, 4.69) is 92.1 Å². The zero-order valence-corrected chi connectivity index (χ0v) is 30.6.